The number of benzene rings is 1. The third kappa shape index (κ3) is 5.76. The Morgan fingerprint density at radius 2 is 1.71 bits per heavy atom. The van der Waals surface area contributed by atoms with Crippen molar-refractivity contribution >= 4 is 57.5 Å². The summed E-state index contributed by atoms with van der Waals surface area (Å²) < 4.78 is 4.77. The molecule has 1 heterocycles. The van der Waals surface area contributed by atoms with Crippen molar-refractivity contribution in [2.75, 3.05) is 11.9 Å². The maximum atomic E-state index is 12.1. The monoisotopic (exact) mass is 517 g/mol. The van der Waals surface area contributed by atoms with Crippen molar-refractivity contribution in [1.29, 1.82) is 0 Å². The molecular formula is C19H20INO6S. The van der Waals surface area contributed by atoms with Gasteiger partial charge in [0, 0.05) is 12.1 Å². The van der Waals surface area contributed by atoms with Crippen molar-refractivity contribution in [3.8, 4) is 0 Å². The summed E-state index contributed by atoms with van der Waals surface area (Å²) in [4.78, 5) is 36.3. The lowest BCUT2D eigenvalue weighted by atomic mass is 9.82. The maximum Gasteiger partial charge on any atom is 0.323 e. The highest BCUT2D eigenvalue weighted by atomic mass is 127. The van der Waals surface area contributed by atoms with E-state index >= 15 is 0 Å². The number of nitrogens with one attached hydrogen (secondary N) is 1. The van der Waals surface area contributed by atoms with Crippen molar-refractivity contribution in [1.82, 2.24) is 0 Å². The second-order valence-corrected chi connectivity index (χ2v) is 10.2. The zero-order chi connectivity index (χ0) is 20.9. The number of anilines is 1. The molecule has 150 valence electrons. The summed E-state index contributed by atoms with van der Waals surface area (Å²) in [6.45, 7) is 2.96. The molecule has 7 nitrogen and oxygen atoms in total. The van der Waals surface area contributed by atoms with Gasteiger partial charge in [-0.2, -0.15) is 0 Å². The molecule has 0 spiro atoms. The van der Waals surface area contributed by atoms with Crippen LogP contribution in [0.4, 0.5) is 5.69 Å². The van der Waals surface area contributed by atoms with Crippen molar-refractivity contribution in [2.24, 2.45) is 5.41 Å². The molecule has 28 heavy (non-hydrogen) atoms. The lowest BCUT2D eigenvalue weighted by Gasteiger charge is -2.28. The molecule has 0 radical (unpaired) electrons. The number of thiophene rings is 1. The molecule has 2 aromatic rings. The first-order valence-electron chi connectivity index (χ1n) is 8.27. The molecule has 3 N–H and O–H groups in total. The van der Waals surface area contributed by atoms with Crippen LogP contribution in [0.15, 0.2) is 41.8 Å². The Bertz CT molecular complexity index is 828. The molecule has 0 saturated carbocycles. The Kier molecular flexibility index (Phi) is 7.18. The minimum absolute atomic E-state index is 0.245. The predicted molar refractivity (Wildman–Crippen MR) is 114 cm³/mol. The minimum Gasteiger partial charge on any atom is -0.480 e. The molecule has 1 aromatic heterocycles. The molecule has 0 aliphatic carbocycles. The lowest BCUT2D eigenvalue weighted by Crippen LogP contribution is -2.46. The molecule has 0 fully saturated rings. The first-order chi connectivity index (χ1) is 13.0. The van der Waals surface area contributed by atoms with Crippen molar-refractivity contribution in [3.63, 3.8) is 0 Å². The van der Waals surface area contributed by atoms with Crippen LogP contribution in [0.1, 0.15) is 29.1 Å². The summed E-state index contributed by atoms with van der Waals surface area (Å²) in [5, 5.41) is 23.8. The van der Waals surface area contributed by atoms with Gasteiger partial charge in [0.05, 0.1) is 11.5 Å². The standard InChI is InChI=1S/C19H20INO6S/c1-18(2,20)27-11-19(16(23)24,17(25)26)10-12-5-7-13(8-6-12)21-15(22)14-4-3-9-28-14/h3-9H,10-11H2,1-2H3,(H,21,22)(H,23,24)(H,25,26). The number of hydrogen-bond donors (Lipinski definition) is 3. The quantitative estimate of drug-likeness (QED) is 0.264. The molecule has 0 bridgehead atoms. The average molecular weight is 517 g/mol. The molecule has 0 aliphatic heterocycles. The van der Waals surface area contributed by atoms with Crippen LogP contribution in [0.25, 0.3) is 0 Å². The normalized spacial score (nSPS) is 11.8. The fraction of sp³-hybridized carbons (Fsp3) is 0.316. The van der Waals surface area contributed by atoms with Gasteiger partial charge in [0.2, 0.25) is 0 Å². The number of ether oxygens (including phenoxy) is 1. The Balaban J connectivity index is 2.16. The van der Waals surface area contributed by atoms with Crippen LogP contribution in [-0.2, 0) is 20.7 Å². The molecule has 1 aromatic carbocycles. The number of carbonyl (C=O) groups excluding carboxylic acids is 1. The van der Waals surface area contributed by atoms with Crippen molar-refractivity contribution < 1.29 is 29.3 Å². The van der Waals surface area contributed by atoms with Crippen LogP contribution in [0.5, 0.6) is 0 Å². The van der Waals surface area contributed by atoms with E-state index in [9.17, 15) is 24.6 Å². The third-order valence-electron chi connectivity index (χ3n) is 3.94. The van der Waals surface area contributed by atoms with Gasteiger partial charge in [-0.25, -0.2) is 0 Å². The third-order valence-corrected chi connectivity index (χ3v) is 5.12. The molecule has 0 unspecified atom stereocenters. The molecule has 2 rings (SSSR count). The van der Waals surface area contributed by atoms with Crippen molar-refractivity contribution in [3.05, 3.63) is 52.2 Å². The number of aliphatic carboxylic acids is 2. The van der Waals surface area contributed by atoms with Crippen LogP contribution < -0.4 is 5.32 Å². The largest absolute Gasteiger partial charge is 0.480 e. The highest BCUT2D eigenvalue weighted by Gasteiger charge is 2.48. The lowest BCUT2D eigenvalue weighted by molar-refractivity contribution is -0.171. The van der Waals surface area contributed by atoms with Gasteiger partial charge in [0.1, 0.15) is 3.61 Å². The Labute approximate surface area is 179 Å². The van der Waals surface area contributed by atoms with Gasteiger partial charge < -0.3 is 20.3 Å². The first kappa shape index (κ1) is 22.3. The Hall–Kier alpha value is -1.98. The van der Waals surface area contributed by atoms with Gasteiger partial charge in [-0.1, -0.05) is 18.2 Å². The van der Waals surface area contributed by atoms with E-state index in [1.54, 1.807) is 55.6 Å². The number of alkyl halides is 1. The Morgan fingerprint density at radius 3 is 2.18 bits per heavy atom. The van der Waals surface area contributed by atoms with E-state index in [-0.39, 0.29) is 12.3 Å². The average Bonchev–Trinajstić information content (AvgIpc) is 3.13. The van der Waals surface area contributed by atoms with E-state index in [1.165, 1.54) is 11.3 Å². The number of hydrogen-bond acceptors (Lipinski definition) is 5. The highest BCUT2D eigenvalue weighted by Crippen LogP contribution is 2.30. The van der Waals surface area contributed by atoms with Gasteiger partial charge in [0.15, 0.2) is 5.41 Å². The summed E-state index contributed by atoms with van der Waals surface area (Å²) in [7, 11) is 0. The number of rotatable bonds is 9. The summed E-state index contributed by atoms with van der Waals surface area (Å²) in [5.41, 5.74) is -1.07. The molecule has 9 heteroatoms. The predicted octanol–water partition coefficient (Wildman–Crippen LogP) is 3.89. The number of carboxylic acid groups (broad SMARTS) is 2. The SMILES string of the molecule is CC(C)(I)OCC(Cc1ccc(NC(=O)c2cccs2)cc1)(C(=O)O)C(=O)O. The highest BCUT2D eigenvalue weighted by molar-refractivity contribution is 14.1. The van der Waals surface area contributed by atoms with Crippen LogP contribution in [-0.4, -0.2) is 38.3 Å². The summed E-state index contributed by atoms with van der Waals surface area (Å²) in [6, 6.07) is 9.90. The fourth-order valence-corrected chi connectivity index (χ4v) is 3.14. The number of carboxylic acids is 2. The van der Waals surface area contributed by atoms with Gasteiger partial charge in [-0.3, -0.25) is 14.4 Å². The van der Waals surface area contributed by atoms with Crippen LogP contribution >= 0.6 is 33.9 Å². The minimum atomic E-state index is -2.11. The summed E-state index contributed by atoms with van der Waals surface area (Å²) in [6.07, 6.45) is -0.246. The number of halogens is 1. The fourth-order valence-electron chi connectivity index (χ4n) is 2.37. The van der Waals surface area contributed by atoms with Gasteiger partial charge in [-0.05, 0) is 65.6 Å². The second kappa shape index (κ2) is 9.01. The van der Waals surface area contributed by atoms with Crippen molar-refractivity contribution in [2.45, 2.75) is 23.9 Å². The van der Waals surface area contributed by atoms with Gasteiger partial charge in [0.25, 0.3) is 5.91 Å². The second-order valence-electron chi connectivity index (χ2n) is 6.65. The molecule has 0 atom stereocenters. The van der Waals surface area contributed by atoms with Crippen LogP contribution in [0.3, 0.4) is 0 Å². The van der Waals surface area contributed by atoms with E-state index in [1.807, 2.05) is 22.6 Å². The smallest absolute Gasteiger partial charge is 0.323 e. The molecular weight excluding hydrogens is 497 g/mol. The first-order valence-corrected chi connectivity index (χ1v) is 10.2. The molecule has 0 aliphatic rings. The van der Waals surface area contributed by atoms with E-state index < -0.39 is 27.6 Å². The number of carbonyl (C=O) groups is 3. The summed E-state index contributed by atoms with van der Waals surface area (Å²) in [5.74, 6) is -3.17. The van der Waals surface area contributed by atoms with Gasteiger partial charge >= 0.3 is 11.9 Å². The molecule has 0 saturated heterocycles. The zero-order valence-corrected chi connectivity index (χ0v) is 18.2. The summed E-state index contributed by atoms with van der Waals surface area (Å²) >= 11 is 3.28. The van der Waals surface area contributed by atoms with E-state index in [4.69, 9.17) is 4.74 Å². The van der Waals surface area contributed by atoms with Crippen LogP contribution in [0, 0.1) is 5.41 Å². The Morgan fingerprint density at radius 1 is 1.11 bits per heavy atom. The topological polar surface area (TPSA) is 113 Å². The zero-order valence-electron chi connectivity index (χ0n) is 15.3. The van der Waals surface area contributed by atoms with Gasteiger partial charge in [-0.15, -0.1) is 11.3 Å². The van der Waals surface area contributed by atoms with E-state index in [0.717, 1.165) is 0 Å². The van der Waals surface area contributed by atoms with Crippen LogP contribution in [0.2, 0.25) is 0 Å². The van der Waals surface area contributed by atoms with E-state index in [2.05, 4.69) is 5.32 Å². The van der Waals surface area contributed by atoms with E-state index in [0.29, 0.717) is 16.1 Å². The maximum absolute atomic E-state index is 12.1. The molecule has 1 amide bonds. The number of amides is 1.